The summed E-state index contributed by atoms with van der Waals surface area (Å²) in [6, 6.07) is 19.2. The molecule has 2 heterocycles. The lowest BCUT2D eigenvalue weighted by Crippen LogP contribution is -2.15. The second kappa shape index (κ2) is 19.0. The molecule has 2 aromatic carbocycles. The summed E-state index contributed by atoms with van der Waals surface area (Å²) in [5.41, 5.74) is 2.24. The number of fused-ring (bicyclic) bond motifs is 1. The zero-order chi connectivity index (χ0) is 33.4. The molecule has 0 bridgehead atoms. The Morgan fingerprint density at radius 1 is 0.809 bits per heavy atom. The first-order chi connectivity index (χ1) is 23.0. The number of imidazole rings is 1. The lowest BCUT2D eigenvalue weighted by atomic mass is 9.95. The van der Waals surface area contributed by atoms with Crippen LogP contribution >= 0.6 is 11.8 Å². The van der Waals surface area contributed by atoms with E-state index in [4.69, 9.17) is 16.0 Å². The van der Waals surface area contributed by atoms with Gasteiger partial charge in [-0.2, -0.15) is 0 Å². The predicted octanol–water partition coefficient (Wildman–Crippen LogP) is 11.3. The molecule has 0 amide bonds. The van der Waals surface area contributed by atoms with E-state index in [9.17, 15) is 9.59 Å². The molecule has 4 aromatic rings. The molecule has 7 nitrogen and oxygen atoms in total. The van der Waals surface area contributed by atoms with Gasteiger partial charge in [0.1, 0.15) is 11.2 Å². The molecule has 47 heavy (non-hydrogen) atoms. The lowest BCUT2D eigenvalue weighted by Gasteiger charge is -2.17. The molecule has 250 valence electrons. The van der Waals surface area contributed by atoms with Gasteiger partial charge in [0, 0.05) is 10.5 Å². The number of benzene rings is 2. The summed E-state index contributed by atoms with van der Waals surface area (Å²) in [6.45, 7) is 14.9. The molecule has 0 aliphatic rings. The summed E-state index contributed by atoms with van der Waals surface area (Å²) in [4.78, 5) is 35.4. The summed E-state index contributed by atoms with van der Waals surface area (Å²) in [6.07, 6.45) is 14.1. The Morgan fingerprint density at radius 2 is 1.40 bits per heavy atom. The zero-order valence-corrected chi connectivity index (χ0v) is 29.0. The Balaban J connectivity index is 1.72. The summed E-state index contributed by atoms with van der Waals surface area (Å²) in [5, 5.41) is 0.544. The van der Waals surface area contributed by atoms with Crippen LogP contribution < -0.4 is 0 Å². The average molecular weight is 656 g/mol. The van der Waals surface area contributed by atoms with Crippen LogP contribution in [0.1, 0.15) is 119 Å². The third kappa shape index (κ3) is 9.54. The van der Waals surface area contributed by atoms with E-state index >= 15 is 0 Å². The predicted molar refractivity (Wildman–Crippen MR) is 190 cm³/mol. The van der Waals surface area contributed by atoms with Crippen molar-refractivity contribution in [3.05, 3.63) is 83.3 Å². The summed E-state index contributed by atoms with van der Waals surface area (Å²) in [7, 11) is 0. The van der Waals surface area contributed by atoms with E-state index in [0.29, 0.717) is 23.0 Å². The number of aromatic nitrogens is 2. The fourth-order valence-electron chi connectivity index (χ4n) is 6.02. The van der Waals surface area contributed by atoms with E-state index in [-0.39, 0.29) is 29.5 Å². The van der Waals surface area contributed by atoms with Crippen LogP contribution in [0.15, 0.2) is 70.6 Å². The molecule has 0 radical (unpaired) electrons. The minimum atomic E-state index is -0.550. The van der Waals surface area contributed by atoms with E-state index < -0.39 is 11.9 Å². The second-order valence-corrected chi connectivity index (χ2v) is 13.1. The number of carbonyl (C=O) groups excluding carboxylic acids is 2. The van der Waals surface area contributed by atoms with E-state index in [1.54, 1.807) is 6.92 Å². The fraction of sp³-hybridized carbons (Fsp3) is 0.462. The van der Waals surface area contributed by atoms with E-state index in [1.165, 1.54) is 63.1 Å². The molecule has 0 spiro atoms. The Kier molecular flexibility index (Phi) is 14.5. The lowest BCUT2D eigenvalue weighted by molar-refractivity contribution is 0.0424. The number of hydrogen-bond donors (Lipinski definition) is 1. The van der Waals surface area contributed by atoms with Crippen LogP contribution in [0.5, 0.6) is 0 Å². The maximum atomic E-state index is 14.1. The van der Waals surface area contributed by atoms with Crippen LogP contribution in [0.25, 0.3) is 21.7 Å². The fourth-order valence-corrected chi connectivity index (χ4v) is 7.06. The van der Waals surface area contributed by atoms with Gasteiger partial charge < -0.3 is 14.5 Å². The highest BCUT2D eigenvalue weighted by molar-refractivity contribution is 7.99. The first-order valence-corrected chi connectivity index (χ1v) is 18.2. The molecule has 0 aliphatic carbocycles. The van der Waals surface area contributed by atoms with Crippen molar-refractivity contribution in [1.29, 1.82) is 0 Å². The molecule has 1 N–H and O–H groups in total. The number of ether oxygens (including phenoxy) is 2. The first-order valence-electron chi connectivity index (χ1n) is 17.3. The first kappa shape index (κ1) is 35.9. The van der Waals surface area contributed by atoms with Crippen molar-refractivity contribution in [2.45, 2.75) is 108 Å². The van der Waals surface area contributed by atoms with Gasteiger partial charge in [-0.25, -0.2) is 14.4 Å². The smallest absolute Gasteiger partial charge is 0.357 e. The van der Waals surface area contributed by atoms with Gasteiger partial charge in [-0.05, 0) is 37.8 Å². The third-order valence-electron chi connectivity index (χ3n) is 8.49. The molecule has 2 aromatic heterocycles. The van der Waals surface area contributed by atoms with Crippen molar-refractivity contribution in [2.75, 3.05) is 13.2 Å². The number of unbranched alkanes of at least 4 members (excludes halogenated alkanes) is 8. The number of hydrogen-bond acceptors (Lipinski definition) is 5. The molecular formula is C39H49N3O4S. The number of nitrogens with zero attached hydrogens (tertiary/aromatic N) is 2. The number of rotatable bonds is 20. The van der Waals surface area contributed by atoms with E-state index in [1.807, 2.05) is 65.1 Å². The van der Waals surface area contributed by atoms with Crippen LogP contribution in [-0.4, -0.2) is 34.5 Å². The Hall–Kier alpha value is -3.96. The minimum absolute atomic E-state index is 0.149. The topological polar surface area (TPSA) is 77.2 Å². The Bertz CT molecular complexity index is 1600. The standard InChI is InChI=1S/C39H49N3O4S/c1-5-8-10-12-13-17-23-29(22-16-11-9-6-2)28-46-38(43)32-33(40-4)37(47-31-26-20-15-21-27-31)42-35(30-24-18-14-19-25-30)34(41-36(32)42)39(44)45-7-3/h14-15,18-21,24-27,29,41H,5-13,16-17,22-23,28H2,1-3H3. The van der Waals surface area contributed by atoms with Crippen LogP contribution in [0.2, 0.25) is 0 Å². The maximum absolute atomic E-state index is 14.1. The Morgan fingerprint density at radius 3 is 2.02 bits per heavy atom. The highest BCUT2D eigenvalue weighted by Gasteiger charge is 2.32. The van der Waals surface area contributed by atoms with Crippen LogP contribution in [-0.2, 0) is 9.47 Å². The number of esters is 2. The van der Waals surface area contributed by atoms with Crippen molar-refractivity contribution in [2.24, 2.45) is 5.92 Å². The van der Waals surface area contributed by atoms with Gasteiger partial charge in [0.15, 0.2) is 5.69 Å². The minimum Gasteiger partial charge on any atom is -0.463 e. The summed E-state index contributed by atoms with van der Waals surface area (Å²) >= 11 is 1.38. The van der Waals surface area contributed by atoms with Gasteiger partial charge in [0.25, 0.3) is 0 Å². The van der Waals surface area contributed by atoms with Crippen molar-refractivity contribution in [1.82, 2.24) is 9.38 Å². The van der Waals surface area contributed by atoms with Gasteiger partial charge in [0.05, 0.1) is 30.5 Å². The molecule has 0 fully saturated rings. The number of aromatic amines is 1. The molecule has 1 atom stereocenters. The van der Waals surface area contributed by atoms with Crippen LogP contribution in [0.4, 0.5) is 5.69 Å². The van der Waals surface area contributed by atoms with Crippen molar-refractivity contribution in [3.63, 3.8) is 0 Å². The van der Waals surface area contributed by atoms with Gasteiger partial charge in [-0.3, -0.25) is 4.40 Å². The molecule has 0 saturated carbocycles. The van der Waals surface area contributed by atoms with Crippen LogP contribution in [0.3, 0.4) is 0 Å². The van der Waals surface area contributed by atoms with Crippen LogP contribution in [0, 0.1) is 12.5 Å². The molecule has 0 aliphatic heterocycles. The highest BCUT2D eigenvalue weighted by atomic mass is 32.2. The van der Waals surface area contributed by atoms with Gasteiger partial charge in [-0.1, -0.05) is 138 Å². The van der Waals surface area contributed by atoms with Crippen molar-refractivity contribution >= 4 is 35.0 Å². The van der Waals surface area contributed by atoms with Crippen molar-refractivity contribution < 1.29 is 19.1 Å². The Labute approximate surface area is 284 Å². The quantitative estimate of drug-likeness (QED) is 0.0582. The highest BCUT2D eigenvalue weighted by Crippen LogP contribution is 2.45. The van der Waals surface area contributed by atoms with E-state index in [2.05, 4.69) is 23.7 Å². The SMILES string of the molecule is [C-]#[N+]c1c(C(=O)OCC(CCCCCC)CCCCCCCC)c2[nH]c(C(=O)OCC)c(-c3ccccc3)n2c1Sc1ccccc1. The number of H-pyrrole nitrogens is 1. The van der Waals surface area contributed by atoms with Gasteiger partial charge >= 0.3 is 11.9 Å². The van der Waals surface area contributed by atoms with Gasteiger partial charge in [0.2, 0.25) is 5.69 Å². The van der Waals surface area contributed by atoms with Crippen molar-refractivity contribution in [3.8, 4) is 11.3 Å². The molecule has 8 heteroatoms. The second-order valence-electron chi connectivity index (χ2n) is 12.0. The number of nitrogens with one attached hydrogen (secondary N) is 1. The van der Waals surface area contributed by atoms with E-state index in [0.717, 1.165) is 36.1 Å². The monoisotopic (exact) mass is 655 g/mol. The molecular weight excluding hydrogens is 607 g/mol. The summed E-state index contributed by atoms with van der Waals surface area (Å²) < 4.78 is 13.3. The molecule has 1 unspecified atom stereocenters. The zero-order valence-electron chi connectivity index (χ0n) is 28.2. The average Bonchev–Trinajstić information content (AvgIpc) is 3.62. The van der Waals surface area contributed by atoms with Gasteiger partial charge in [-0.15, -0.1) is 0 Å². The summed E-state index contributed by atoms with van der Waals surface area (Å²) in [5.74, 6) is -0.806. The molecule has 0 saturated heterocycles. The maximum Gasteiger partial charge on any atom is 0.357 e. The number of carbonyl (C=O) groups is 2. The normalized spacial score (nSPS) is 11.8. The largest absolute Gasteiger partial charge is 0.463 e. The third-order valence-corrected chi connectivity index (χ3v) is 9.57. The molecule has 4 rings (SSSR count).